The van der Waals surface area contributed by atoms with Crippen molar-refractivity contribution in [3.8, 4) is 17.0 Å². The van der Waals surface area contributed by atoms with E-state index in [1.54, 1.807) is 54.6 Å². The smallest absolute Gasteiger partial charge is 0.267 e. The molecular weight excluding hydrogens is 438 g/mol. The first kappa shape index (κ1) is 20.8. The summed E-state index contributed by atoms with van der Waals surface area (Å²) in [4.78, 5) is 13.3. The lowest BCUT2D eigenvalue weighted by molar-refractivity contribution is 0.103. The van der Waals surface area contributed by atoms with Crippen LogP contribution in [0.2, 0.25) is 5.02 Å². The van der Waals surface area contributed by atoms with E-state index in [4.69, 9.17) is 20.9 Å². The first-order valence-electron chi connectivity index (χ1n) is 9.16. The highest BCUT2D eigenvalue weighted by Gasteiger charge is 2.34. The predicted molar refractivity (Wildman–Crippen MR) is 115 cm³/mol. The van der Waals surface area contributed by atoms with Crippen LogP contribution in [-0.4, -0.2) is 26.5 Å². The molecule has 0 unspecified atom stereocenters. The molecule has 0 radical (unpaired) electrons. The first-order valence-corrected chi connectivity index (χ1v) is 11.0. The van der Waals surface area contributed by atoms with Crippen molar-refractivity contribution in [1.29, 1.82) is 0 Å². The van der Waals surface area contributed by atoms with Crippen LogP contribution in [0.5, 0.6) is 5.75 Å². The zero-order chi connectivity index (χ0) is 22.0. The maximum absolute atomic E-state index is 13.4. The molecule has 1 heterocycles. The number of hydrogen-bond donors (Lipinski definition) is 0. The zero-order valence-corrected chi connectivity index (χ0v) is 17.9. The van der Waals surface area contributed by atoms with Crippen LogP contribution in [0.15, 0.2) is 93.4 Å². The normalized spacial score (nSPS) is 11.3. The molecule has 8 heteroatoms. The Hall–Kier alpha value is -3.42. The summed E-state index contributed by atoms with van der Waals surface area (Å²) in [6.07, 6.45) is 0. The first-order chi connectivity index (χ1) is 14.9. The fourth-order valence-electron chi connectivity index (χ4n) is 3.06. The van der Waals surface area contributed by atoms with Crippen molar-refractivity contribution < 1.29 is 22.5 Å². The summed E-state index contributed by atoms with van der Waals surface area (Å²) >= 11 is 5.88. The summed E-state index contributed by atoms with van der Waals surface area (Å²) in [6, 6.07) is 20.7. The Morgan fingerprint density at radius 2 is 1.58 bits per heavy atom. The summed E-state index contributed by atoms with van der Waals surface area (Å²) in [7, 11) is -2.64. The monoisotopic (exact) mass is 453 g/mol. The molecule has 0 fully saturated rings. The van der Waals surface area contributed by atoms with Crippen molar-refractivity contribution in [2.24, 2.45) is 0 Å². The van der Waals surface area contributed by atoms with Gasteiger partial charge in [-0.3, -0.25) is 4.79 Å². The van der Waals surface area contributed by atoms with Crippen LogP contribution in [-0.2, 0) is 9.84 Å². The number of aromatic nitrogens is 1. The van der Waals surface area contributed by atoms with Gasteiger partial charge in [0, 0.05) is 16.1 Å². The molecule has 3 aromatic carbocycles. The Morgan fingerprint density at radius 3 is 2.19 bits per heavy atom. The Morgan fingerprint density at radius 1 is 0.935 bits per heavy atom. The Labute approximate surface area is 184 Å². The van der Waals surface area contributed by atoms with Gasteiger partial charge >= 0.3 is 0 Å². The fraction of sp³-hybridized carbons (Fsp3) is 0.0435. The van der Waals surface area contributed by atoms with Crippen LogP contribution in [0, 0.1) is 0 Å². The molecule has 1 aromatic heterocycles. The molecule has 0 bridgehead atoms. The molecule has 0 aliphatic carbocycles. The molecule has 156 valence electrons. The van der Waals surface area contributed by atoms with Gasteiger partial charge in [0.05, 0.1) is 12.0 Å². The van der Waals surface area contributed by atoms with Crippen molar-refractivity contribution in [2.45, 2.75) is 9.99 Å². The number of methoxy groups -OCH3 is 1. The third-order valence-electron chi connectivity index (χ3n) is 4.66. The second kappa shape index (κ2) is 8.37. The number of benzene rings is 3. The molecule has 0 amide bonds. The van der Waals surface area contributed by atoms with Crippen LogP contribution in [0.4, 0.5) is 0 Å². The molecule has 4 aromatic rings. The Kier molecular flexibility index (Phi) is 5.63. The molecule has 6 nitrogen and oxygen atoms in total. The highest BCUT2D eigenvalue weighted by Crippen LogP contribution is 2.34. The summed E-state index contributed by atoms with van der Waals surface area (Å²) in [5, 5.41) is 3.82. The van der Waals surface area contributed by atoms with E-state index in [2.05, 4.69) is 5.16 Å². The summed E-state index contributed by atoms with van der Waals surface area (Å²) in [5.41, 5.74) is 0.824. The van der Waals surface area contributed by atoms with E-state index < -0.39 is 20.7 Å². The average molecular weight is 454 g/mol. The molecule has 0 saturated heterocycles. The quantitative estimate of drug-likeness (QED) is 0.379. The van der Waals surface area contributed by atoms with E-state index in [0.29, 0.717) is 21.9 Å². The SMILES string of the molecule is COc1ccc(-c2noc(S(=O)(=O)c3ccc(Cl)cc3)c2C(=O)c2ccccc2)cc1. The number of carbonyl (C=O) groups is 1. The van der Waals surface area contributed by atoms with Gasteiger partial charge < -0.3 is 9.26 Å². The van der Waals surface area contributed by atoms with Gasteiger partial charge in [-0.05, 0) is 48.5 Å². The number of ketones is 1. The number of nitrogens with zero attached hydrogens (tertiary/aromatic N) is 1. The van der Waals surface area contributed by atoms with Crippen molar-refractivity contribution in [3.05, 3.63) is 95.0 Å². The van der Waals surface area contributed by atoms with Gasteiger partial charge in [0.15, 0.2) is 5.78 Å². The number of sulfone groups is 1. The molecular formula is C23H16ClNO5S. The van der Waals surface area contributed by atoms with E-state index in [0.717, 1.165) is 0 Å². The molecule has 0 aliphatic heterocycles. The maximum Gasteiger partial charge on any atom is 0.267 e. The van der Waals surface area contributed by atoms with Crippen molar-refractivity contribution in [2.75, 3.05) is 7.11 Å². The second-order valence-corrected chi connectivity index (χ2v) is 8.86. The van der Waals surface area contributed by atoms with Crippen LogP contribution in [0.25, 0.3) is 11.3 Å². The highest BCUT2D eigenvalue weighted by atomic mass is 35.5. The summed E-state index contributed by atoms with van der Waals surface area (Å²) in [6.45, 7) is 0. The maximum atomic E-state index is 13.4. The van der Waals surface area contributed by atoms with E-state index in [-0.39, 0.29) is 16.2 Å². The number of hydrogen-bond acceptors (Lipinski definition) is 6. The molecule has 31 heavy (non-hydrogen) atoms. The van der Waals surface area contributed by atoms with Gasteiger partial charge in [-0.1, -0.05) is 47.1 Å². The van der Waals surface area contributed by atoms with Gasteiger partial charge in [-0.15, -0.1) is 0 Å². The third kappa shape index (κ3) is 3.97. The molecule has 4 rings (SSSR count). The van der Waals surface area contributed by atoms with Crippen molar-refractivity contribution in [1.82, 2.24) is 5.16 Å². The van der Waals surface area contributed by atoms with Gasteiger partial charge in [0.1, 0.15) is 17.0 Å². The third-order valence-corrected chi connectivity index (χ3v) is 6.57. The van der Waals surface area contributed by atoms with E-state index in [9.17, 15) is 13.2 Å². The highest BCUT2D eigenvalue weighted by molar-refractivity contribution is 7.91. The van der Waals surface area contributed by atoms with Gasteiger partial charge in [-0.25, -0.2) is 8.42 Å². The molecule has 0 spiro atoms. The molecule has 0 saturated carbocycles. The van der Waals surface area contributed by atoms with Gasteiger partial charge in [0.25, 0.3) is 5.09 Å². The molecule has 0 atom stereocenters. The van der Waals surface area contributed by atoms with E-state index in [1.165, 1.54) is 31.4 Å². The van der Waals surface area contributed by atoms with Crippen molar-refractivity contribution in [3.63, 3.8) is 0 Å². The van der Waals surface area contributed by atoms with Gasteiger partial charge in [-0.2, -0.15) is 0 Å². The van der Waals surface area contributed by atoms with Crippen LogP contribution in [0.3, 0.4) is 0 Å². The average Bonchev–Trinajstić information content (AvgIpc) is 3.25. The predicted octanol–water partition coefficient (Wildman–Crippen LogP) is 5.07. The minimum atomic E-state index is -4.17. The standard InChI is InChI=1S/C23H16ClNO5S/c1-29-18-11-7-15(8-12-18)21-20(22(26)16-5-3-2-4-6-16)23(30-25-21)31(27,28)19-13-9-17(24)10-14-19/h2-14H,1H3. The van der Waals surface area contributed by atoms with E-state index >= 15 is 0 Å². The lowest BCUT2D eigenvalue weighted by Gasteiger charge is -2.06. The zero-order valence-electron chi connectivity index (χ0n) is 16.3. The Balaban J connectivity index is 1.92. The summed E-state index contributed by atoms with van der Waals surface area (Å²) in [5.74, 6) is 0.0948. The van der Waals surface area contributed by atoms with Crippen LogP contribution in [0.1, 0.15) is 15.9 Å². The minimum Gasteiger partial charge on any atom is -0.497 e. The lowest BCUT2D eigenvalue weighted by atomic mass is 10.0. The van der Waals surface area contributed by atoms with Gasteiger partial charge in [0.2, 0.25) is 9.84 Å². The van der Waals surface area contributed by atoms with E-state index in [1.807, 2.05) is 0 Å². The van der Waals surface area contributed by atoms with Crippen molar-refractivity contribution >= 4 is 27.2 Å². The van der Waals surface area contributed by atoms with Crippen LogP contribution < -0.4 is 4.74 Å². The largest absolute Gasteiger partial charge is 0.497 e. The summed E-state index contributed by atoms with van der Waals surface area (Å²) < 4.78 is 37.0. The Bertz CT molecular complexity index is 1330. The lowest BCUT2D eigenvalue weighted by Crippen LogP contribution is -2.10. The molecule has 0 aliphatic rings. The van der Waals surface area contributed by atoms with Crippen LogP contribution >= 0.6 is 11.6 Å². The number of rotatable bonds is 6. The fourth-order valence-corrected chi connectivity index (χ4v) is 4.49. The second-order valence-electron chi connectivity index (χ2n) is 6.57. The number of halogens is 1. The topological polar surface area (TPSA) is 86.5 Å². The molecule has 0 N–H and O–H groups in total. The number of carbonyl (C=O) groups excluding carboxylic acids is 1. The minimum absolute atomic E-state index is 0.0588. The number of ether oxygens (including phenoxy) is 1.